The Morgan fingerprint density at radius 2 is 2.37 bits per heavy atom. The Morgan fingerprint density at radius 3 is 3.00 bits per heavy atom. The van der Waals surface area contributed by atoms with Crippen LogP contribution in [0.15, 0.2) is 18.2 Å². The van der Waals surface area contributed by atoms with Gasteiger partial charge < -0.3 is 14.8 Å². The zero-order valence-electron chi connectivity index (χ0n) is 10.8. The molecule has 1 aliphatic rings. The van der Waals surface area contributed by atoms with Crippen LogP contribution in [0.1, 0.15) is 24.8 Å². The lowest BCUT2D eigenvalue weighted by Gasteiger charge is -2.22. The van der Waals surface area contributed by atoms with E-state index in [1.54, 1.807) is 18.2 Å². The summed E-state index contributed by atoms with van der Waals surface area (Å²) in [6.45, 7) is 0.628. The summed E-state index contributed by atoms with van der Waals surface area (Å²) in [4.78, 5) is 12.0. The molecule has 2 rings (SSSR count). The standard InChI is InChI=1S/C14H16N2O3/c1-18-13-8-10(9-15)5-6-11(13)16-14(17)12-4-2-3-7-19-12/h5-6,8,12H,2-4,7H2,1H3,(H,16,17). The third-order valence-corrected chi connectivity index (χ3v) is 3.06. The average Bonchev–Trinajstić information content (AvgIpc) is 2.48. The van der Waals surface area contributed by atoms with Gasteiger partial charge in [0.25, 0.3) is 5.91 Å². The van der Waals surface area contributed by atoms with Gasteiger partial charge in [-0.25, -0.2) is 0 Å². The third-order valence-electron chi connectivity index (χ3n) is 3.06. The van der Waals surface area contributed by atoms with Gasteiger partial charge in [-0.15, -0.1) is 0 Å². The van der Waals surface area contributed by atoms with Gasteiger partial charge in [-0.3, -0.25) is 4.79 Å². The molecule has 0 saturated carbocycles. The molecule has 1 amide bonds. The van der Waals surface area contributed by atoms with Crippen LogP contribution in [-0.2, 0) is 9.53 Å². The Labute approximate surface area is 112 Å². The largest absolute Gasteiger partial charge is 0.495 e. The maximum atomic E-state index is 12.0. The number of hydrogen-bond acceptors (Lipinski definition) is 4. The Hall–Kier alpha value is -2.06. The van der Waals surface area contributed by atoms with Crippen LogP contribution >= 0.6 is 0 Å². The molecule has 19 heavy (non-hydrogen) atoms. The molecule has 0 radical (unpaired) electrons. The number of amides is 1. The van der Waals surface area contributed by atoms with E-state index < -0.39 is 6.10 Å². The highest BCUT2D eigenvalue weighted by atomic mass is 16.5. The Balaban J connectivity index is 2.09. The minimum atomic E-state index is -0.394. The van der Waals surface area contributed by atoms with Crippen LogP contribution in [0.25, 0.3) is 0 Å². The first-order valence-electron chi connectivity index (χ1n) is 6.25. The van der Waals surface area contributed by atoms with Crippen molar-refractivity contribution in [1.82, 2.24) is 0 Å². The van der Waals surface area contributed by atoms with E-state index in [2.05, 4.69) is 5.32 Å². The molecule has 1 N–H and O–H groups in total. The minimum Gasteiger partial charge on any atom is -0.495 e. The van der Waals surface area contributed by atoms with Crippen LogP contribution in [0.5, 0.6) is 5.75 Å². The van der Waals surface area contributed by atoms with Gasteiger partial charge in [0, 0.05) is 12.7 Å². The number of carbonyl (C=O) groups excluding carboxylic acids is 1. The number of rotatable bonds is 3. The fourth-order valence-electron chi connectivity index (χ4n) is 2.02. The number of anilines is 1. The zero-order valence-corrected chi connectivity index (χ0v) is 10.8. The summed E-state index contributed by atoms with van der Waals surface area (Å²) >= 11 is 0. The van der Waals surface area contributed by atoms with E-state index in [4.69, 9.17) is 14.7 Å². The molecule has 1 aliphatic heterocycles. The summed E-state index contributed by atoms with van der Waals surface area (Å²) in [6, 6.07) is 6.93. The van der Waals surface area contributed by atoms with Gasteiger partial charge in [-0.1, -0.05) is 0 Å². The second-order valence-electron chi connectivity index (χ2n) is 4.37. The minimum absolute atomic E-state index is 0.164. The van der Waals surface area contributed by atoms with Crippen LogP contribution in [0.4, 0.5) is 5.69 Å². The molecule has 0 spiro atoms. The predicted octanol–water partition coefficient (Wildman–Crippen LogP) is 2.07. The molecule has 1 fully saturated rings. The Kier molecular flexibility index (Phi) is 4.37. The fraction of sp³-hybridized carbons (Fsp3) is 0.429. The maximum Gasteiger partial charge on any atom is 0.253 e. The summed E-state index contributed by atoms with van der Waals surface area (Å²) in [7, 11) is 1.50. The molecule has 100 valence electrons. The van der Waals surface area contributed by atoms with Gasteiger partial charge in [0.05, 0.1) is 24.4 Å². The first-order chi connectivity index (χ1) is 9.24. The average molecular weight is 260 g/mol. The van der Waals surface area contributed by atoms with Crippen molar-refractivity contribution in [2.75, 3.05) is 19.0 Å². The topological polar surface area (TPSA) is 71.3 Å². The first-order valence-corrected chi connectivity index (χ1v) is 6.25. The molecule has 1 saturated heterocycles. The van der Waals surface area contributed by atoms with Crippen molar-refractivity contribution < 1.29 is 14.3 Å². The van der Waals surface area contributed by atoms with Crippen LogP contribution in [0.2, 0.25) is 0 Å². The highest BCUT2D eigenvalue weighted by Gasteiger charge is 2.22. The molecule has 0 bridgehead atoms. The lowest BCUT2D eigenvalue weighted by atomic mass is 10.1. The molecule has 1 heterocycles. The number of nitrogens with one attached hydrogen (secondary N) is 1. The highest BCUT2D eigenvalue weighted by molar-refractivity contribution is 5.95. The number of nitriles is 1. The number of carbonyl (C=O) groups is 1. The molecular weight excluding hydrogens is 244 g/mol. The van der Waals surface area contributed by atoms with Gasteiger partial charge in [0.15, 0.2) is 0 Å². The summed E-state index contributed by atoms with van der Waals surface area (Å²) in [5.41, 5.74) is 1.05. The number of hydrogen-bond donors (Lipinski definition) is 1. The van der Waals surface area contributed by atoms with Crippen molar-refractivity contribution >= 4 is 11.6 Å². The fourth-order valence-corrected chi connectivity index (χ4v) is 2.02. The molecule has 1 aromatic rings. The van der Waals surface area contributed by atoms with E-state index >= 15 is 0 Å². The van der Waals surface area contributed by atoms with Crippen molar-refractivity contribution in [3.63, 3.8) is 0 Å². The van der Waals surface area contributed by atoms with Crippen LogP contribution < -0.4 is 10.1 Å². The van der Waals surface area contributed by atoms with Gasteiger partial charge in [-0.2, -0.15) is 5.26 Å². The van der Waals surface area contributed by atoms with E-state index in [-0.39, 0.29) is 5.91 Å². The molecule has 1 aromatic carbocycles. The monoisotopic (exact) mass is 260 g/mol. The molecule has 1 atom stereocenters. The van der Waals surface area contributed by atoms with E-state index in [1.165, 1.54) is 7.11 Å². The van der Waals surface area contributed by atoms with Crippen molar-refractivity contribution in [3.8, 4) is 11.8 Å². The van der Waals surface area contributed by atoms with Crippen LogP contribution in [0, 0.1) is 11.3 Å². The number of methoxy groups -OCH3 is 1. The van der Waals surface area contributed by atoms with Gasteiger partial charge >= 0.3 is 0 Å². The second-order valence-corrected chi connectivity index (χ2v) is 4.37. The predicted molar refractivity (Wildman–Crippen MR) is 69.9 cm³/mol. The summed E-state index contributed by atoms with van der Waals surface area (Å²) in [5.74, 6) is 0.311. The SMILES string of the molecule is COc1cc(C#N)ccc1NC(=O)C1CCCCO1. The summed E-state index contributed by atoms with van der Waals surface area (Å²) < 4.78 is 10.6. The third kappa shape index (κ3) is 3.24. The van der Waals surface area contributed by atoms with Gasteiger partial charge in [0.2, 0.25) is 0 Å². The van der Waals surface area contributed by atoms with Crippen molar-refractivity contribution in [2.45, 2.75) is 25.4 Å². The molecule has 5 heteroatoms. The van der Waals surface area contributed by atoms with Crippen molar-refractivity contribution in [1.29, 1.82) is 5.26 Å². The number of benzene rings is 1. The van der Waals surface area contributed by atoms with Crippen molar-refractivity contribution in [3.05, 3.63) is 23.8 Å². The molecule has 1 unspecified atom stereocenters. The Bertz CT molecular complexity index is 502. The summed E-state index contributed by atoms with van der Waals surface area (Å²) in [6.07, 6.45) is 2.35. The lowest BCUT2D eigenvalue weighted by molar-refractivity contribution is -0.129. The van der Waals surface area contributed by atoms with Crippen LogP contribution in [0.3, 0.4) is 0 Å². The molecular formula is C14H16N2O3. The lowest BCUT2D eigenvalue weighted by Crippen LogP contribution is -2.33. The molecule has 0 aromatic heterocycles. The first kappa shape index (κ1) is 13.4. The van der Waals surface area contributed by atoms with Gasteiger partial charge in [-0.05, 0) is 31.4 Å². The summed E-state index contributed by atoms with van der Waals surface area (Å²) in [5, 5.41) is 11.6. The Morgan fingerprint density at radius 1 is 1.53 bits per heavy atom. The van der Waals surface area contributed by atoms with E-state index in [0.29, 0.717) is 23.6 Å². The second kappa shape index (κ2) is 6.21. The van der Waals surface area contributed by atoms with E-state index in [1.807, 2.05) is 6.07 Å². The normalized spacial score (nSPS) is 18.4. The molecule has 5 nitrogen and oxygen atoms in total. The van der Waals surface area contributed by atoms with Gasteiger partial charge in [0.1, 0.15) is 11.9 Å². The molecule has 0 aliphatic carbocycles. The number of nitrogens with zero attached hydrogens (tertiary/aromatic N) is 1. The maximum absolute atomic E-state index is 12.0. The van der Waals surface area contributed by atoms with E-state index in [9.17, 15) is 4.79 Å². The van der Waals surface area contributed by atoms with E-state index in [0.717, 1.165) is 19.3 Å². The smallest absolute Gasteiger partial charge is 0.253 e. The number of ether oxygens (including phenoxy) is 2. The van der Waals surface area contributed by atoms with Crippen LogP contribution in [-0.4, -0.2) is 25.7 Å². The van der Waals surface area contributed by atoms with Crippen molar-refractivity contribution in [2.24, 2.45) is 0 Å². The zero-order chi connectivity index (χ0) is 13.7. The quantitative estimate of drug-likeness (QED) is 0.903. The highest BCUT2D eigenvalue weighted by Crippen LogP contribution is 2.26.